The number of rotatable bonds is 4. The van der Waals surface area contributed by atoms with Gasteiger partial charge in [0.1, 0.15) is 0 Å². The Kier molecular flexibility index (Phi) is 6.68. The second kappa shape index (κ2) is 11.5. The molecule has 50 heavy (non-hydrogen) atoms. The van der Waals surface area contributed by atoms with Gasteiger partial charge in [-0.2, -0.15) is 0 Å². The number of benzene rings is 7. The third kappa shape index (κ3) is 4.37. The first-order chi connectivity index (χ1) is 24.8. The van der Waals surface area contributed by atoms with Crippen LogP contribution in [-0.4, -0.2) is 9.97 Å². The zero-order chi connectivity index (χ0) is 33.1. The maximum atomic E-state index is 5.39. The molecule has 0 N–H and O–H groups in total. The van der Waals surface area contributed by atoms with Gasteiger partial charge in [-0.25, -0.2) is 9.97 Å². The first-order valence-electron chi connectivity index (χ1n) is 17.0. The standard InChI is InChI=1S/C47H30N2S/c1-3-15-31(16-4-1)33-19-13-20-34(29-33)42-30-41(32-17-5-2-6-18-32)48-46(49-42)36-22-14-26-40-45(36)35-21-7-8-23-37(35)47(40)38-24-9-11-27-43(38)50-44-28-12-10-25-39(44)47/h1-30H. The van der Waals surface area contributed by atoms with Gasteiger partial charge in [-0.3, -0.25) is 0 Å². The van der Waals surface area contributed by atoms with E-state index in [0.717, 1.165) is 39.5 Å². The first-order valence-corrected chi connectivity index (χ1v) is 17.8. The van der Waals surface area contributed by atoms with Crippen LogP contribution < -0.4 is 0 Å². The molecule has 0 saturated heterocycles. The van der Waals surface area contributed by atoms with Crippen LogP contribution in [0.1, 0.15) is 22.3 Å². The summed E-state index contributed by atoms with van der Waals surface area (Å²) in [4.78, 5) is 13.3. The van der Waals surface area contributed by atoms with E-state index in [4.69, 9.17) is 9.97 Å². The van der Waals surface area contributed by atoms with Crippen LogP contribution in [0.4, 0.5) is 0 Å². The molecule has 1 aromatic heterocycles. The number of hydrogen-bond acceptors (Lipinski definition) is 3. The minimum Gasteiger partial charge on any atom is -0.228 e. The molecule has 10 rings (SSSR count). The van der Waals surface area contributed by atoms with Crippen molar-refractivity contribution in [2.24, 2.45) is 0 Å². The van der Waals surface area contributed by atoms with Crippen molar-refractivity contribution in [2.75, 3.05) is 0 Å². The van der Waals surface area contributed by atoms with Gasteiger partial charge in [0.05, 0.1) is 16.8 Å². The van der Waals surface area contributed by atoms with E-state index < -0.39 is 5.41 Å². The molecule has 234 valence electrons. The van der Waals surface area contributed by atoms with Crippen LogP contribution in [0.2, 0.25) is 0 Å². The largest absolute Gasteiger partial charge is 0.228 e. The Balaban J connectivity index is 1.25. The maximum Gasteiger partial charge on any atom is 0.161 e. The molecular formula is C47H30N2S. The second-order valence-electron chi connectivity index (χ2n) is 12.9. The van der Waals surface area contributed by atoms with Crippen molar-refractivity contribution in [1.82, 2.24) is 9.97 Å². The second-order valence-corrected chi connectivity index (χ2v) is 14.0. The summed E-state index contributed by atoms with van der Waals surface area (Å²) in [5.41, 5.74) is 14.5. The van der Waals surface area contributed by atoms with Gasteiger partial charge in [0.2, 0.25) is 0 Å². The molecule has 8 aromatic rings. The van der Waals surface area contributed by atoms with E-state index in [2.05, 4.69) is 182 Å². The molecule has 0 fully saturated rings. The summed E-state index contributed by atoms with van der Waals surface area (Å²) in [5, 5.41) is 0. The van der Waals surface area contributed by atoms with Gasteiger partial charge in [-0.05, 0) is 68.8 Å². The van der Waals surface area contributed by atoms with Crippen molar-refractivity contribution in [3.8, 4) is 56.2 Å². The molecule has 0 unspecified atom stereocenters. The molecule has 0 radical (unpaired) electrons. The summed E-state index contributed by atoms with van der Waals surface area (Å²) in [6.07, 6.45) is 0. The first kappa shape index (κ1) is 28.9. The zero-order valence-electron chi connectivity index (χ0n) is 27.1. The van der Waals surface area contributed by atoms with Gasteiger partial charge < -0.3 is 0 Å². The Morgan fingerprint density at radius 1 is 0.360 bits per heavy atom. The van der Waals surface area contributed by atoms with E-state index >= 15 is 0 Å². The van der Waals surface area contributed by atoms with Crippen LogP contribution in [-0.2, 0) is 5.41 Å². The molecule has 0 bridgehead atoms. The molecule has 2 heterocycles. The highest BCUT2D eigenvalue weighted by Crippen LogP contribution is 2.63. The van der Waals surface area contributed by atoms with Gasteiger partial charge in [-0.15, -0.1) is 0 Å². The number of fused-ring (bicyclic) bond motifs is 9. The summed E-state index contributed by atoms with van der Waals surface area (Å²) < 4.78 is 0. The van der Waals surface area contributed by atoms with Crippen LogP contribution in [0, 0.1) is 0 Å². The Morgan fingerprint density at radius 3 is 1.58 bits per heavy atom. The molecule has 0 atom stereocenters. The van der Waals surface area contributed by atoms with Gasteiger partial charge in [0.25, 0.3) is 0 Å². The molecule has 0 amide bonds. The number of aromatic nitrogens is 2. The Morgan fingerprint density at radius 2 is 0.860 bits per heavy atom. The lowest BCUT2D eigenvalue weighted by Gasteiger charge is -2.39. The fourth-order valence-corrected chi connectivity index (χ4v) is 9.24. The maximum absolute atomic E-state index is 5.39. The van der Waals surface area contributed by atoms with Crippen molar-refractivity contribution in [3.05, 3.63) is 204 Å². The molecule has 0 saturated carbocycles. The minimum absolute atomic E-state index is 0.454. The van der Waals surface area contributed by atoms with Gasteiger partial charge in [0.15, 0.2) is 5.82 Å². The topological polar surface area (TPSA) is 25.8 Å². The highest BCUT2D eigenvalue weighted by atomic mass is 32.2. The fourth-order valence-electron chi connectivity index (χ4n) is 8.05. The van der Waals surface area contributed by atoms with E-state index in [1.165, 1.54) is 48.7 Å². The molecule has 7 aromatic carbocycles. The summed E-state index contributed by atoms with van der Waals surface area (Å²) in [6.45, 7) is 0. The van der Waals surface area contributed by atoms with E-state index in [9.17, 15) is 0 Å². The van der Waals surface area contributed by atoms with Gasteiger partial charge in [0, 0.05) is 26.5 Å². The molecular weight excluding hydrogens is 625 g/mol. The highest BCUT2D eigenvalue weighted by Gasteiger charge is 2.50. The van der Waals surface area contributed by atoms with E-state index in [0.29, 0.717) is 0 Å². The van der Waals surface area contributed by atoms with Crippen molar-refractivity contribution < 1.29 is 0 Å². The van der Waals surface area contributed by atoms with Crippen molar-refractivity contribution in [3.63, 3.8) is 0 Å². The molecule has 3 heteroatoms. The smallest absolute Gasteiger partial charge is 0.161 e. The molecule has 1 spiro atoms. The van der Waals surface area contributed by atoms with Crippen LogP contribution >= 0.6 is 11.8 Å². The number of nitrogens with zero attached hydrogens (tertiary/aromatic N) is 2. The summed E-state index contributed by atoms with van der Waals surface area (Å²) in [5.74, 6) is 0.724. The van der Waals surface area contributed by atoms with Crippen LogP contribution in [0.25, 0.3) is 56.2 Å². The van der Waals surface area contributed by atoms with E-state index in [1.54, 1.807) is 0 Å². The predicted octanol–water partition coefficient (Wildman–Crippen LogP) is 12.0. The minimum atomic E-state index is -0.454. The lowest BCUT2D eigenvalue weighted by Crippen LogP contribution is -2.31. The van der Waals surface area contributed by atoms with Crippen LogP contribution in [0.15, 0.2) is 192 Å². The fraction of sp³-hybridized carbons (Fsp3) is 0.0213. The highest BCUT2D eigenvalue weighted by molar-refractivity contribution is 7.99. The zero-order valence-corrected chi connectivity index (χ0v) is 27.9. The van der Waals surface area contributed by atoms with Crippen molar-refractivity contribution in [1.29, 1.82) is 0 Å². The van der Waals surface area contributed by atoms with E-state index in [1.807, 2.05) is 11.8 Å². The van der Waals surface area contributed by atoms with Crippen molar-refractivity contribution in [2.45, 2.75) is 15.2 Å². The average molecular weight is 655 g/mol. The molecule has 2 nitrogen and oxygen atoms in total. The third-order valence-corrected chi connectivity index (χ3v) is 11.3. The summed E-state index contributed by atoms with van der Waals surface area (Å²) in [6, 6.07) is 65.3. The van der Waals surface area contributed by atoms with Crippen LogP contribution in [0.5, 0.6) is 0 Å². The Labute approximate surface area is 296 Å². The quantitative estimate of drug-likeness (QED) is 0.189. The molecule has 2 aliphatic rings. The van der Waals surface area contributed by atoms with Gasteiger partial charge >= 0.3 is 0 Å². The SMILES string of the molecule is c1ccc(-c2cccc(-c3cc(-c4ccccc4)nc(-c4cccc5c4-c4ccccc4C54c5ccccc5Sc5ccccc54)n3)c2)cc1. The lowest BCUT2D eigenvalue weighted by molar-refractivity contribution is 0.722. The Hall–Kier alpha value is -6.03. The van der Waals surface area contributed by atoms with Gasteiger partial charge in [-0.1, -0.05) is 169 Å². The summed E-state index contributed by atoms with van der Waals surface area (Å²) >= 11 is 1.87. The normalized spacial score (nSPS) is 13.3. The number of hydrogen-bond donors (Lipinski definition) is 0. The molecule has 1 aliphatic carbocycles. The average Bonchev–Trinajstić information content (AvgIpc) is 3.49. The predicted molar refractivity (Wildman–Crippen MR) is 205 cm³/mol. The Bertz CT molecular complexity index is 2530. The summed E-state index contributed by atoms with van der Waals surface area (Å²) in [7, 11) is 0. The monoisotopic (exact) mass is 654 g/mol. The lowest BCUT2D eigenvalue weighted by atomic mass is 9.67. The third-order valence-electron chi connectivity index (χ3n) is 10.2. The van der Waals surface area contributed by atoms with Crippen molar-refractivity contribution >= 4 is 11.8 Å². The van der Waals surface area contributed by atoms with Crippen LogP contribution in [0.3, 0.4) is 0 Å². The molecule has 1 aliphatic heterocycles. The van der Waals surface area contributed by atoms with E-state index in [-0.39, 0.29) is 0 Å².